The topological polar surface area (TPSA) is 32.3 Å². The molecule has 4 heteroatoms. The molecule has 1 atom stereocenters. The minimum atomic E-state index is -0.00552. The number of hydrogen-bond donors (Lipinski definition) is 1. The number of nitrogens with one attached hydrogen (secondary N) is 1. The molecule has 1 N–H and O–H groups in total. The number of thiophene rings is 1. The molecule has 3 aromatic rings. The summed E-state index contributed by atoms with van der Waals surface area (Å²) in [4.78, 5) is 15.1. The van der Waals surface area contributed by atoms with Gasteiger partial charge >= 0.3 is 0 Å². The number of nitrogens with zero attached hydrogens (tertiary/aromatic N) is 1. The average Bonchev–Trinajstić information content (AvgIpc) is 3.44. The molecule has 0 radical (unpaired) electrons. The first-order valence-electron chi connectivity index (χ1n) is 9.51. The molecule has 1 aliphatic rings. The van der Waals surface area contributed by atoms with Crippen LogP contribution in [0.4, 0.5) is 0 Å². The monoisotopic (exact) mass is 376 g/mol. The molecule has 1 amide bonds. The number of carbonyl (C=O) groups excluding carboxylic acids is 1. The van der Waals surface area contributed by atoms with Gasteiger partial charge in [-0.3, -0.25) is 9.69 Å². The van der Waals surface area contributed by atoms with E-state index in [9.17, 15) is 4.79 Å². The number of benzene rings is 2. The van der Waals surface area contributed by atoms with Gasteiger partial charge in [0.2, 0.25) is 0 Å². The molecule has 2 aromatic carbocycles. The molecule has 1 aliphatic heterocycles. The fourth-order valence-corrected chi connectivity index (χ4v) is 4.42. The summed E-state index contributed by atoms with van der Waals surface area (Å²) in [5.74, 6) is -0.00552. The van der Waals surface area contributed by atoms with Gasteiger partial charge in [-0.15, -0.1) is 0 Å². The first kappa shape index (κ1) is 18.0. The maximum Gasteiger partial charge on any atom is 0.251 e. The Hall–Kier alpha value is -2.43. The van der Waals surface area contributed by atoms with Crippen molar-refractivity contribution in [3.05, 3.63) is 82.6 Å². The van der Waals surface area contributed by atoms with Gasteiger partial charge in [0.1, 0.15) is 0 Å². The number of carbonyl (C=O) groups is 1. The van der Waals surface area contributed by atoms with Crippen molar-refractivity contribution in [2.75, 3.05) is 19.6 Å². The summed E-state index contributed by atoms with van der Waals surface area (Å²) in [7, 11) is 0. The molecule has 1 aromatic heterocycles. The summed E-state index contributed by atoms with van der Waals surface area (Å²) in [6, 6.07) is 20.5. The number of hydrogen-bond acceptors (Lipinski definition) is 3. The van der Waals surface area contributed by atoms with Crippen molar-refractivity contribution >= 4 is 17.2 Å². The van der Waals surface area contributed by atoms with Gasteiger partial charge in [-0.05, 0) is 71.6 Å². The predicted octanol–water partition coefficient (Wildman–Crippen LogP) is 4.98. The smallest absolute Gasteiger partial charge is 0.251 e. The number of amides is 1. The molecule has 3 nitrogen and oxygen atoms in total. The second kappa shape index (κ2) is 8.51. The molecule has 4 rings (SSSR count). The Labute approximate surface area is 164 Å². The van der Waals surface area contributed by atoms with E-state index in [4.69, 9.17) is 0 Å². The molecule has 0 aliphatic carbocycles. The van der Waals surface area contributed by atoms with Gasteiger partial charge in [-0.25, -0.2) is 0 Å². The Balaban J connectivity index is 1.42. The molecule has 138 valence electrons. The maximum absolute atomic E-state index is 12.7. The molecule has 0 unspecified atom stereocenters. The van der Waals surface area contributed by atoms with Crippen molar-refractivity contribution in [3.8, 4) is 11.1 Å². The zero-order valence-corrected chi connectivity index (χ0v) is 16.1. The van der Waals surface area contributed by atoms with Crippen LogP contribution in [0, 0.1) is 0 Å². The second-order valence-electron chi connectivity index (χ2n) is 6.97. The van der Waals surface area contributed by atoms with Gasteiger partial charge in [0, 0.05) is 12.1 Å². The van der Waals surface area contributed by atoms with Gasteiger partial charge in [-0.2, -0.15) is 11.3 Å². The predicted molar refractivity (Wildman–Crippen MR) is 112 cm³/mol. The van der Waals surface area contributed by atoms with Crippen LogP contribution in [0.2, 0.25) is 0 Å². The summed E-state index contributed by atoms with van der Waals surface area (Å²) >= 11 is 1.72. The average molecular weight is 377 g/mol. The minimum absolute atomic E-state index is 0.00552. The fourth-order valence-electron chi connectivity index (χ4n) is 3.71. The van der Waals surface area contributed by atoms with Gasteiger partial charge in [0.05, 0.1) is 6.04 Å². The fraction of sp³-hybridized carbons (Fsp3) is 0.261. The Morgan fingerprint density at radius 3 is 2.33 bits per heavy atom. The van der Waals surface area contributed by atoms with E-state index in [1.165, 1.54) is 18.4 Å². The minimum Gasteiger partial charge on any atom is -0.350 e. The molecule has 1 fully saturated rings. The van der Waals surface area contributed by atoms with Crippen LogP contribution in [-0.4, -0.2) is 30.4 Å². The Kier molecular flexibility index (Phi) is 5.66. The summed E-state index contributed by atoms with van der Waals surface area (Å²) in [6.07, 6.45) is 2.49. The molecule has 2 heterocycles. The van der Waals surface area contributed by atoms with Gasteiger partial charge in [-0.1, -0.05) is 42.5 Å². The largest absolute Gasteiger partial charge is 0.350 e. The van der Waals surface area contributed by atoms with Gasteiger partial charge in [0.15, 0.2) is 0 Å². The highest BCUT2D eigenvalue weighted by atomic mass is 32.1. The van der Waals surface area contributed by atoms with E-state index in [0.717, 1.165) is 24.2 Å². The van der Waals surface area contributed by atoms with E-state index in [2.05, 4.69) is 39.2 Å². The van der Waals surface area contributed by atoms with E-state index < -0.39 is 0 Å². The van der Waals surface area contributed by atoms with Crippen molar-refractivity contribution in [1.82, 2.24) is 10.2 Å². The molecule has 0 spiro atoms. The highest BCUT2D eigenvalue weighted by Crippen LogP contribution is 2.26. The Morgan fingerprint density at radius 1 is 0.963 bits per heavy atom. The summed E-state index contributed by atoms with van der Waals surface area (Å²) < 4.78 is 0. The van der Waals surface area contributed by atoms with Crippen LogP contribution in [0.25, 0.3) is 11.1 Å². The third-order valence-electron chi connectivity index (χ3n) is 5.22. The van der Waals surface area contributed by atoms with Gasteiger partial charge < -0.3 is 5.32 Å². The molecule has 0 saturated carbocycles. The van der Waals surface area contributed by atoms with E-state index in [0.29, 0.717) is 12.1 Å². The van der Waals surface area contributed by atoms with Crippen LogP contribution in [0.15, 0.2) is 71.4 Å². The van der Waals surface area contributed by atoms with Crippen LogP contribution >= 0.6 is 11.3 Å². The highest BCUT2D eigenvalue weighted by Gasteiger charge is 2.24. The summed E-state index contributed by atoms with van der Waals surface area (Å²) in [5.41, 5.74) is 4.30. The zero-order valence-electron chi connectivity index (χ0n) is 15.3. The van der Waals surface area contributed by atoms with Gasteiger partial charge in [0.25, 0.3) is 5.91 Å². The summed E-state index contributed by atoms with van der Waals surface area (Å²) in [5, 5.41) is 7.46. The standard InChI is InChI=1S/C23H24N2OS/c26-23(20-10-8-19(9-11-20)18-6-2-1-3-7-18)24-16-22(21-12-15-27-17-21)25-13-4-5-14-25/h1-3,6-12,15,17,22H,4-5,13-14,16H2,(H,24,26)/t22-/m1/s1. The van der Waals surface area contributed by atoms with Crippen molar-refractivity contribution < 1.29 is 4.79 Å². The first-order valence-corrected chi connectivity index (χ1v) is 10.5. The molecular weight excluding hydrogens is 352 g/mol. The van der Waals surface area contributed by atoms with Crippen LogP contribution < -0.4 is 5.32 Å². The molecule has 1 saturated heterocycles. The highest BCUT2D eigenvalue weighted by molar-refractivity contribution is 7.07. The second-order valence-corrected chi connectivity index (χ2v) is 7.75. The van der Waals surface area contributed by atoms with E-state index in [-0.39, 0.29) is 11.9 Å². The summed E-state index contributed by atoms with van der Waals surface area (Å²) in [6.45, 7) is 2.88. The Morgan fingerprint density at radius 2 is 1.67 bits per heavy atom. The number of rotatable bonds is 6. The van der Waals surface area contributed by atoms with Crippen LogP contribution in [0.5, 0.6) is 0 Å². The zero-order chi connectivity index (χ0) is 18.5. The lowest BCUT2D eigenvalue weighted by Gasteiger charge is -2.27. The van der Waals surface area contributed by atoms with E-state index in [1.54, 1.807) is 11.3 Å². The normalized spacial score (nSPS) is 15.6. The van der Waals surface area contributed by atoms with Crippen LogP contribution in [-0.2, 0) is 0 Å². The van der Waals surface area contributed by atoms with Crippen molar-refractivity contribution in [2.24, 2.45) is 0 Å². The van der Waals surface area contributed by atoms with Crippen molar-refractivity contribution in [2.45, 2.75) is 18.9 Å². The maximum atomic E-state index is 12.7. The van der Waals surface area contributed by atoms with Crippen LogP contribution in [0.3, 0.4) is 0 Å². The van der Waals surface area contributed by atoms with Crippen LogP contribution in [0.1, 0.15) is 34.8 Å². The third-order valence-corrected chi connectivity index (χ3v) is 5.92. The Bertz CT molecular complexity index is 853. The molecule has 0 bridgehead atoms. The van der Waals surface area contributed by atoms with E-state index in [1.807, 2.05) is 42.5 Å². The van der Waals surface area contributed by atoms with Crippen molar-refractivity contribution in [1.29, 1.82) is 0 Å². The lowest BCUT2D eigenvalue weighted by atomic mass is 10.0. The van der Waals surface area contributed by atoms with E-state index >= 15 is 0 Å². The third kappa shape index (κ3) is 4.29. The lowest BCUT2D eigenvalue weighted by Crippen LogP contribution is -2.36. The molecular formula is C23H24N2OS. The molecule has 27 heavy (non-hydrogen) atoms. The first-order chi connectivity index (χ1) is 13.3. The van der Waals surface area contributed by atoms with Crippen molar-refractivity contribution in [3.63, 3.8) is 0 Å². The number of likely N-dealkylation sites (tertiary alicyclic amines) is 1. The SMILES string of the molecule is O=C(NC[C@H](c1ccsc1)N1CCCC1)c1ccc(-c2ccccc2)cc1. The quantitative estimate of drug-likeness (QED) is 0.658. The lowest BCUT2D eigenvalue weighted by molar-refractivity contribution is 0.0938.